The van der Waals surface area contributed by atoms with Crippen molar-refractivity contribution in [2.75, 3.05) is 0 Å². The van der Waals surface area contributed by atoms with Gasteiger partial charge in [-0.2, -0.15) is 5.10 Å². The Morgan fingerprint density at radius 1 is 1.32 bits per heavy atom. The summed E-state index contributed by atoms with van der Waals surface area (Å²) in [6, 6.07) is 5.24. The summed E-state index contributed by atoms with van der Waals surface area (Å²) in [5.41, 5.74) is 2.35. The average molecular weight is 295 g/mol. The summed E-state index contributed by atoms with van der Waals surface area (Å²) in [5.74, 6) is 0.478. The molecule has 5 heteroatoms. The largest absolute Gasteiger partial charge is 0.294 e. The fraction of sp³-hybridized carbons (Fsp3) is 0.286. The molecule has 0 aliphatic heterocycles. The van der Waals surface area contributed by atoms with Crippen LogP contribution in [-0.2, 0) is 6.42 Å². The van der Waals surface area contributed by atoms with Gasteiger partial charge in [-0.3, -0.25) is 4.79 Å². The van der Waals surface area contributed by atoms with Crippen molar-refractivity contribution in [3.8, 4) is 5.69 Å². The van der Waals surface area contributed by atoms with Crippen molar-refractivity contribution in [2.24, 2.45) is 5.92 Å². The van der Waals surface area contributed by atoms with Crippen LogP contribution in [0.5, 0.6) is 0 Å². The van der Waals surface area contributed by atoms with E-state index < -0.39 is 0 Å². The van der Waals surface area contributed by atoms with Gasteiger partial charge in [0.15, 0.2) is 5.78 Å². The zero-order valence-electron chi connectivity index (χ0n) is 10.4. The lowest BCUT2D eigenvalue weighted by atomic mass is 9.88. The number of Topliss-reactive ketones (excluding diaryl/α,β-unsaturated/α-hetero) is 1. The Balaban J connectivity index is 2.17. The van der Waals surface area contributed by atoms with Crippen LogP contribution in [0.25, 0.3) is 5.69 Å². The molecule has 2 aromatic rings. The minimum atomic E-state index is 0.151. The summed E-state index contributed by atoms with van der Waals surface area (Å²) in [6.07, 6.45) is 3.03. The number of hydrogen-bond donors (Lipinski definition) is 0. The first-order chi connectivity index (χ1) is 9.06. The second-order valence-electron chi connectivity index (χ2n) is 4.95. The minimum Gasteiger partial charge on any atom is -0.294 e. The summed E-state index contributed by atoms with van der Waals surface area (Å²) in [4.78, 5) is 12.0. The van der Waals surface area contributed by atoms with Gasteiger partial charge in [0.25, 0.3) is 0 Å². The Hall–Kier alpha value is -1.32. The molecule has 0 amide bonds. The highest BCUT2D eigenvalue weighted by molar-refractivity contribution is 6.34. The minimum absolute atomic E-state index is 0.151. The van der Waals surface area contributed by atoms with Crippen LogP contribution in [0, 0.1) is 5.92 Å². The van der Waals surface area contributed by atoms with Crippen molar-refractivity contribution in [2.45, 2.75) is 19.8 Å². The van der Waals surface area contributed by atoms with Crippen molar-refractivity contribution in [3.63, 3.8) is 0 Å². The first-order valence-electron chi connectivity index (χ1n) is 6.12. The SMILES string of the molecule is C[C@@H]1CC(=O)c2cnn(-c3cc(Cl)ccc3Cl)c2C1. The standard InChI is InChI=1S/C14H12Cl2N2O/c1-8-4-12-10(14(19)5-8)7-17-18(12)13-6-9(15)2-3-11(13)16/h2-3,6-8H,4-5H2,1H3/t8-/m0/s1. The molecule has 3 nitrogen and oxygen atoms in total. The van der Waals surface area contributed by atoms with Crippen molar-refractivity contribution < 1.29 is 4.79 Å². The van der Waals surface area contributed by atoms with E-state index in [-0.39, 0.29) is 5.78 Å². The summed E-state index contributed by atoms with van der Waals surface area (Å²) >= 11 is 12.2. The van der Waals surface area contributed by atoms with Gasteiger partial charge in [-0.05, 0) is 30.5 Å². The monoisotopic (exact) mass is 294 g/mol. The molecular weight excluding hydrogens is 283 g/mol. The summed E-state index contributed by atoms with van der Waals surface area (Å²) in [6.45, 7) is 2.07. The molecule has 0 unspecified atom stereocenters. The Bertz CT molecular complexity index is 663. The van der Waals surface area contributed by atoms with E-state index in [2.05, 4.69) is 12.0 Å². The molecule has 0 fully saturated rings. The van der Waals surface area contributed by atoms with Crippen LogP contribution >= 0.6 is 23.2 Å². The van der Waals surface area contributed by atoms with Gasteiger partial charge >= 0.3 is 0 Å². The molecule has 19 heavy (non-hydrogen) atoms. The second kappa shape index (κ2) is 4.66. The van der Waals surface area contributed by atoms with E-state index in [1.807, 2.05) is 0 Å². The Labute approximate surface area is 121 Å². The van der Waals surface area contributed by atoms with Crippen molar-refractivity contribution in [3.05, 3.63) is 45.7 Å². The van der Waals surface area contributed by atoms with Crippen LogP contribution in [0.3, 0.4) is 0 Å². The third-order valence-corrected chi connectivity index (χ3v) is 3.94. The molecule has 0 N–H and O–H groups in total. The predicted octanol–water partition coefficient (Wildman–Crippen LogP) is 3.94. The van der Waals surface area contributed by atoms with Gasteiger partial charge in [-0.15, -0.1) is 0 Å². The highest BCUT2D eigenvalue weighted by atomic mass is 35.5. The maximum atomic E-state index is 12.0. The lowest BCUT2D eigenvalue weighted by Crippen LogP contribution is -2.19. The first-order valence-corrected chi connectivity index (χ1v) is 6.87. The molecule has 0 saturated carbocycles. The van der Waals surface area contributed by atoms with Crippen LogP contribution in [0.1, 0.15) is 29.4 Å². The highest BCUT2D eigenvalue weighted by Gasteiger charge is 2.27. The van der Waals surface area contributed by atoms with E-state index in [0.717, 1.165) is 17.8 Å². The van der Waals surface area contributed by atoms with Gasteiger partial charge in [-0.1, -0.05) is 30.1 Å². The normalized spacial score (nSPS) is 18.5. The van der Waals surface area contributed by atoms with E-state index in [9.17, 15) is 4.79 Å². The number of hydrogen-bond acceptors (Lipinski definition) is 2. The molecule has 1 aliphatic rings. The lowest BCUT2D eigenvalue weighted by Gasteiger charge is -2.19. The number of halogens is 2. The molecule has 0 radical (unpaired) electrons. The number of benzene rings is 1. The number of rotatable bonds is 1. The molecule has 0 saturated heterocycles. The van der Waals surface area contributed by atoms with Crippen molar-refractivity contribution in [1.82, 2.24) is 9.78 Å². The van der Waals surface area contributed by atoms with Gasteiger partial charge in [0, 0.05) is 11.4 Å². The lowest BCUT2D eigenvalue weighted by molar-refractivity contribution is 0.0952. The number of carbonyl (C=O) groups excluding carboxylic acids is 1. The topological polar surface area (TPSA) is 34.9 Å². The Morgan fingerprint density at radius 3 is 2.89 bits per heavy atom. The number of aromatic nitrogens is 2. The van der Waals surface area contributed by atoms with Crippen LogP contribution in [0.15, 0.2) is 24.4 Å². The molecule has 1 aromatic heterocycles. The van der Waals surface area contributed by atoms with Gasteiger partial charge in [-0.25, -0.2) is 4.68 Å². The number of fused-ring (bicyclic) bond motifs is 1. The summed E-state index contributed by atoms with van der Waals surface area (Å²) in [5, 5.41) is 5.47. The van der Waals surface area contributed by atoms with Crippen LogP contribution < -0.4 is 0 Å². The van der Waals surface area contributed by atoms with Gasteiger partial charge < -0.3 is 0 Å². The van der Waals surface area contributed by atoms with E-state index in [4.69, 9.17) is 23.2 Å². The van der Waals surface area contributed by atoms with Crippen LogP contribution in [0.2, 0.25) is 10.0 Å². The fourth-order valence-corrected chi connectivity index (χ4v) is 2.85. The average Bonchev–Trinajstić information content (AvgIpc) is 2.76. The Morgan fingerprint density at radius 2 is 2.11 bits per heavy atom. The summed E-state index contributed by atoms with van der Waals surface area (Å²) in [7, 11) is 0. The van der Waals surface area contributed by atoms with E-state index in [1.165, 1.54) is 0 Å². The van der Waals surface area contributed by atoms with Gasteiger partial charge in [0.2, 0.25) is 0 Å². The highest BCUT2D eigenvalue weighted by Crippen LogP contribution is 2.30. The van der Waals surface area contributed by atoms with E-state index in [1.54, 1.807) is 29.1 Å². The number of nitrogens with zero attached hydrogens (tertiary/aromatic N) is 2. The Kier molecular flexibility index (Phi) is 3.11. The predicted molar refractivity (Wildman–Crippen MR) is 75.4 cm³/mol. The molecule has 1 aliphatic carbocycles. The number of carbonyl (C=O) groups is 1. The van der Waals surface area contributed by atoms with Crippen LogP contribution in [0.4, 0.5) is 0 Å². The molecule has 98 valence electrons. The third kappa shape index (κ3) is 2.17. The maximum Gasteiger partial charge on any atom is 0.166 e. The zero-order valence-corrected chi connectivity index (χ0v) is 11.9. The first kappa shape index (κ1) is 12.7. The second-order valence-corrected chi connectivity index (χ2v) is 5.79. The zero-order chi connectivity index (χ0) is 13.6. The quantitative estimate of drug-likeness (QED) is 0.798. The molecule has 0 spiro atoms. The third-order valence-electron chi connectivity index (χ3n) is 3.38. The molecular formula is C14H12Cl2N2O. The van der Waals surface area contributed by atoms with Crippen molar-refractivity contribution >= 4 is 29.0 Å². The van der Waals surface area contributed by atoms with E-state index in [0.29, 0.717) is 27.9 Å². The van der Waals surface area contributed by atoms with E-state index >= 15 is 0 Å². The molecule has 0 bridgehead atoms. The molecule has 3 rings (SSSR count). The van der Waals surface area contributed by atoms with Gasteiger partial charge in [0.1, 0.15) is 0 Å². The summed E-state index contributed by atoms with van der Waals surface area (Å²) < 4.78 is 1.73. The molecule has 1 atom stereocenters. The fourth-order valence-electron chi connectivity index (χ4n) is 2.49. The maximum absolute atomic E-state index is 12.0. The van der Waals surface area contributed by atoms with Crippen molar-refractivity contribution in [1.29, 1.82) is 0 Å². The smallest absolute Gasteiger partial charge is 0.166 e. The molecule has 1 aromatic carbocycles. The number of ketones is 1. The van der Waals surface area contributed by atoms with Crippen LogP contribution in [-0.4, -0.2) is 15.6 Å². The molecule has 1 heterocycles. The van der Waals surface area contributed by atoms with Gasteiger partial charge in [0.05, 0.1) is 28.2 Å².